The van der Waals surface area contributed by atoms with Gasteiger partial charge in [-0.05, 0) is 18.8 Å². The maximum Gasteiger partial charge on any atom is 0.330 e. The molecule has 1 aliphatic rings. The molecule has 0 spiro atoms. The molecule has 2 heterocycles. The summed E-state index contributed by atoms with van der Waals surface area (Å²) in [7, 11) is 1.65. The largest absolute Gasteiger partial charge is 0.481 e. The highest BCUT2D eigenvalue weighted by atomic mass is 16.6. The molecule has 0 bridgehead atoms. The minimum absolute atomic E-state index is 0.00128. The van der Waals surface area contributed by atoms with Crippen molar-refractivity contribution in [3.05, 3.63) is 16.3 Å². The van der Waals surface area contributed by atoms with Crippen molar-refractivity contribution < 1.29 is 14.8 Å². The van der Waals surface area contributed by atoms with E-state index in [2.05, 4.69) is 5.10 Å². The zero-order chi connectivity index (χ0) is 14.0. The fourth-order valence-electron chi connectivity index (χ4n) is 2.41. The summed E-state index contributed by atoms with van der Waals surface area (Å²) in [5.41, 5.74) is 0.00128. The lowest BCUT2D eigenvalue weighted by molar-refractivity contribution is -0.384. The predicted molar refractivity (Wildman–Crippen MR) is 67.1 cm³/mol. The Labute approximate surface area is 109 Å². The van der Waals surface area contributed by atoms with E-state index in [9.17, 15) is 14.9 Å². The molecule has 19 heavy (non-hydrogen) atoms. The summed E-state index contributed by atoms with van der Waals surface area (Å²) in [4.78, 5) is 22.9. The van der Waals surface area contributed by atoms with Gasteiger partial charge in [0.1, 0.15) is 6.20 Å². The molecule has 0 aliphatic carbocycles. The lowest BCUT2D eigenvalue weighted by atomic mass is 10.0. The monoisotopic (exact) mass is 268 g/mol. The highest BCUT2D eigenvalue weighted by Gasteiger charge is 2.30. The Morgan fingerprint density at radius 3 is 3.05 bits per heavy atom. The molecule has 8 heteroatoms. The molecule has 104 valence electrons. The van der Waals surface area contributed by atoms with Crippen LogP contribution in [0.4, 0.5) is 11.5 Å². The van der Waals surface area contributed by atoms with Crippen molar-refractivity contribution in [2.45, 2.75) is 19.3 Å². The van der Waals surface area contributed by atoms with Gasteiger partial charge in [-0.1, -0.05) is 0 Å². The van der Waals surface area contributed by atoms with E-state index in [0.717, 1.165) is 6.42 Å². The zero-order valence-electron chi connectivity index (χ0n) is 10.7. The van der Waals surface area contributed by atoms with Crippen molar-refractivity contribution >= 4 is 17.5 Å². The van der Waals surface area contributed by atoms with Gasteiger partial charge in [0.15, 0.2) is 0 Å². The minimum Gasteiger partial charge on any atom is -0.481 e. The van der Waals surface area contributed by atoms with Crippen LogP contribution in [-0.2, 0) is 11.8 Å². The van der Waals surface area contributed by atoms with E-state index < -0.39 is 10.9 Å². The first kappa shape index (κ1) is 13.3. The number of rotatable bonds is 5. The van der Waals surface area contributed by atoms with Gasteiger partial charge in [0, 0.05) is 26.6 Å². The number of hydrogen-bond acceptors (Lipinski definition) is 5. The molecular weight excluding hydrogens is 252 g/mol. The molecule has 1 saturated heterocycles. The van der Waals surface area contributed by atoms with Gasteiger partial charge in [0.2, 0.25) is 5.82 Å². The smallest absolute Gasteiger partial charge is 0.330 e. The standard InChI is InChI=1S/C11H16N4O4/c1-13-7-9(15(18)19)11(12-13)14-5-4-8(6-14)2-3-10(16)17/h7-8H,2-6H2,1H3,(H,16,17). The first-order valence-corrected chi connectivity index (χ1v) is 6.12. The molecule has 1 unspecified atom stereocenters. The van der Waals surface area contributed by atoms with E-state index in [1.165, 1.54) is 10.9 Å². The molecule has 0 radical (unpaired) electrons. The van der Waals surface area contributed by atoms with Crippen LogP contribution in [0.25, 0.3) is 0 Å². The van der Waals surface area contributed by atoms with E-state index in [-0.39, 0.29) is 18.0 Å². The molecule has 0 saturated carbocycles. The van der Waals surface area contributed by atoms with E-state index in [4.69, 9.17) is 5.11 Å². The number of aromatic nitrogens is 2. The van der Waals surface area contributed by atoms with Gasteiger partial charge in [-0.25, -0.2) is 0 Å². The van der Waals surface area contributed by atoms with Crippen LogP contribution in [0.3, 0.4) is 0 Å². The van der Waals surface area contributed by atoms with Gasteiger partial charge < -0.3 is 10.0 Å². The Morgan fingerprint density at radius 2 is 2.42 bits per heavy atom. The highest BCUT2D eigenvalue weighted by molar-refractivity contribution is 5.66. The summed E-state index contributed by atoms with van der Waals surface area (Å²) in [5, 5.41) is 23.7. The Balaban J connectivity index is 2.04. The van der Waals surface area contributed by atoms with Gasteiger partial charge in [-0.2, -0.15) is 0 Å². The van der Waals surface area contributed by atoms with E-state index >= 15 is 0 Å². The SMILES string of the molecule is Cn1cc([N+](=O)[O-])c(N2CCC(CCC(=O)O)C2)n1. The van der Waals surface area contributed by atoms with Crippen LogP contribution in [0.5, 0.6) is 0 Å². The average Bonchev–Trinajstić information content (AvgIpc) is 2.92. The Bertz CT molecular complexity index is 499. The average molecular weight is 268 g/mol. The van der Waals surface area contributed by atoms with E-state index in [0.29, 0.717) is 25.3 Å². The number of carboxylic acid groups (broad SMARTS) is 1. The van der Waals surface area contributed by atoms with Crippen molar-refractivity contribution in [2.75, 3.05) is 18.0 Å². The molecule has 0 aromatic carbocycles. The van der Waals surface area contributed by atoms with Crippen LogP contribution in [0.15, 0.2) is 6.20 Å². The maximum absolute atomic E-state index is 10.9. The number of hydrogen-bond donors (Lipinski definition) is 1. The zero-order valence-corrected chi connectivity index (χ0v) is 10.7. The van der Waals surface area contributed by atoms with Gasteiger partial charge in [-0.15, -0.1) is 5.10 Å². The fourth-order valence-corrected chi connectivity index (χ4v) is 2.41. The summed E-state index contributed by atoms with van der Waals surface area (Å²) < 4.78 is 1.43. The topological polar surface area (TPSA) is 102 Å². The Hall–Kier alpha value is -2.12. The third-order valence-electron chi connectivity index (χ3n) is 3.34. The molecule has 1 aliphatic heterocycles. The third kappa shape index (κ3) is 3.01. The van der Waals surface area contributed by atoms with Gasteiger partial charge in [0.05, 0.1) is 4.92 Å². The van der Waals surface area contributed by atoms with Crippen LogP contribution in [-0.4, -0.2) is 38.9 Å². The second-order valence-corrected chi connectivity index (χ2v) is 4.80. The van der Waals surface area contributed by atoms with Crippen LogP contribution >= 0.6 is 0 Å². The minimum atomic E-state index is -0.803. The van der Waals surface area contributed by atoms with Crippen molar-refractivity contribution in [3.63, 3.8) is 0 Å². The van der Waals surface area contributed by atoms with Crippen molar-refractivity contribution in [1.82, 2.24) is 9.78 Å². The van der Waals surface area contributed by atoms with Crippen LogP contribution in [0.1, 0.15) is 19.3 Å². The Kier molecular flexibility index (Phi) is 3.68. The highest BCUT2D eigenvalue weighted by Crippen LogP contribution is 2.31. The molecule has 8 nitrogen and oxygen atoms in total. The summed E-state index contributed by atoms with van der Waals surface area (Å²) in [6.45, 7) is 1.31. The molecule has 1 aromatic rings. The molecule has 2 rings (SSSR count). The summed E-state index contributed by atoms with van der Waals surface area (Å²) in [6, 6.07) is 0. The first-order valence-electron chi connectivity index (χ1n) is 6.12. The maximum atomic E-state index is 10.9. The van der Waals surface area contributed by atoms with Crippen LogP contribution in [0.2, 0.25) is 0 Å². The molecular formula is C11H16N4O4. The van der Waals surface area contributed by atoms with Crippen molar-refractivity contribution in [2.24, 2.45) is 13.0 Å². The number of anilines is 1. The third-order valence-corrected chi connectivity index (χ3v) is 3.34. The lowest BCUT2D eigenvalue weighted by Crippen LogP contribution is -2.21. The number of aliphatic carboxylic acids is 1. The first-order chi connectivity index (χ1) is 8.97. The Morgan fingerprint density at radius 1 is 1.68 bits per heavy atom. The number of nitro groups is 1. The van der Waals surface area contributed by atoms with Crippen molar-refractivity contribution in [1.29, 1.82) is 0 Å². The number of carboxylic acids is 1. The predicted octanol–water partition coefficient (Wildman–Crippen LogP) is 1.02. The lowest BCUT2D eigenvalue weighted by Gasteiger charge is -2.14. The van der Waals surface area contributed by atoms with Crippen LogP contribution in [0, 0.1) is 16.0 Å². The molecule has 0 amide bonds. The summed E-state index contributed by atoms with van der Waals surface area (Å²) in [5.74, 6) is -0.162. The van der Waals surface area contributed by atoms with Gasteiger partial charge in [-0.3, -0.25) is 19.6 Å². The fraction of sp³-hybridized carbons (Fsp3) is 0.636. The number of aryl methyl sites for hydroxylation is 1. The van der Waals surface area contributed by atoms with Crippen molar-refractivity contribution in [3.8, 4) is 0 Å². The summed E-state index contributed by atoms with van der Waals surface area (Å²) >= 11 is 0. The number of carbonyl (C=O) groups is 1. The normalized spacial score (nSPS) is 18.8. The van der Waals surface area contributed by atoms with Gasteiger partial charge >= 0.3 is 11.7 Å². The second kappa shape index (κ2) is 5.25. The van der Waals surface area contributed by atoms with Gasteiger partial charge in [0.25, 0.3) is 0 Å². The molecule has 1 N–H and O–H groups in total. The second-order valence-electron chi connectivity index (χ2n) is 4.80. The summed E-state index contributed by atoms with van der Waals surface area (Å²) in [6.07, 6.45) is 2.98. The quantitative estimate of drug-likeness (QED) is 0.632. The molecule has 1 aromatic heterocycles. The molecule has 1 atom stereocenters. The van der Waals surface area contributed by atoms with Crippen LogP contribution < -0.4 is 4.90 Å². The molecule has 1 fully saturated rings. The van der Waals surface area contributed by atoms with E-state index in [1.807, 2.05) is 4.90 Å². The number of nitrogens with zero attached hydrogens (tertiary/aromatic N) is 4. The van der Waals surface area contributed by atoms with E-state index in [1.54, 1.807) is 7.05 Å².